The third kappa shape index (κ3) is 4.10. The van der Waals surface area contributed by atoms with Crippen LogP contribution in [0.15, 0.2) is 68.3 Å². The molecule has 1 amide bonds. The van der Waals surface area contributed by atoms with Gasteiger partial charge in [-0.05, 0) is 30.7 Å². The van der Waals surface area contributed by atoms with E-state index < -0.39 is 16.5 Å². The molecular formula is C22H15N3O6. The number of nitro benzene ring substituents is 1. The Hall–Kier alpha value is -4.53. The number of hydrogen-bond acceptors (Lipinski definition) is 7. The molecule has 4 rings (SSSR count). The molecule has 0 saturated heterocycles. The van der Waals surface area contributed by atoms with Gasteiger partial charge >= 0.3 is 5.63 Å². The van der Waals surface area contributed by atoms with Crippen LogP contribution in [0.25, 0.3) is 23.1 Å². The summed E-state index contributed by atoms with van der Waals surface area (Å²) in [5, 5.41) is 17.7. The molecule has 0 aliphatic rings. The van der Waals surface area contributed by atoms with Crippen LogP contribution < -0.4 is 10.9 Å². The predicted octanol–water partition coefficient (Wildman–Crippen LogP) is 4.42. The van der Waals surface area contributed by atoms with Crippen molar-refractivity contribution in [3.8, 4) is 0 Å². The van der Waals surface area contributed by atoms with Crippen LogP contribution in [0.3, 0.4) is 0 Å². The smallest absolute Gasteiger partial charge is 0.349 e. The Balaban J connectivity index is 1.66. The maximum absolute atomic E-state index is 12.8. The third-order valence-corrected chi connectivity index (χ3v) is 4.53. The average molecular weight is 417 g/mol. The fourth-order valence-electron chi connectivity index (χ4n) is 2.95. The number of carbonyl (C=O) groups is 1. The SMILES string of the molecule is Cc1noc(/C=C/c2ccccc2)c1NC(=O)c1cc2cc([N+](=O)[O-])ccc2oc1=O. The molecule has 1 N–H and O–H groups in total. The third-order valence-electron chi connectivity index (χ3n) is 4.53. The molecule has 2 heterocycles. The van der Waals surface area contributed by atoms with Crippen molar-refractivity contribution in [2.45, 2.75) is 6.92 Å². The van der Waals surface area contributed by atoms with Gasteiger partial charge in [0.15, 0.2) is 5.76 Å². The van der Waals surface area contributed by atoms with Crippen LogP contribution in [0.4, 0.5) is 11.4 Å². The molecule has 4 aromatic rings. The van der Waals surface area contributed by atoms with Gasteiger partial charge in [-0.15, -0.1) is 0 Å². The van der Waals surface area contributed by atoms with Crippen LogP contribution in [0, 0.1) is 17.0 Å². The second-order valence-corrected chi connectivity index (χ2v) is 6.63. The Morgan fingerprint density at radius 3 is 2.65 bits per heavy atom. The Labute approximate surface area is 174 Å². The molecule has 0 aliphatic carbocycles. The number of amides is 1. The first kappa shape index (κ1) is 19.8. The van der Waals surface area contributed by atoms with E-state index in [0.29, 0.717) is 17.1 Å². The first-order valence-corrected chi connectivity index (χ1v) is 9.15. The summed E-state index contributed by atoms with van der Waals surface area (Å²) in [6.45, 7) is 1.64. The maximum atomic E-state index is 12.8. The fourth-order valence-corrected chi connectivity index (χ4v) is 2.95. The van der Waals surface area contributed by atoms with E-state index in [1.807, 2.05) is 30.3 Å². The second-order valence-electron chi connectivity index (χ2n) is 6.63. The van der Waals surface area contributed by atoms with Crippen molar-refractivity contribution >= 4 is 40.4 Å². The molecule has 0 aliphatic heterocycles. The number of carbonyl (C=O) groups excluding carboxylic acids is 1. The summed E-state index contributed by atoms with van der Waals surface area (Å²) in [6, 6.07) is 14.5. The van der Waals surface area contributed by atoms with Crippen LogP contribution in [0.2, 0.25) is 0 Å². The number of benzene rings is 2. The summed E-state index contributed by atoms with van der Waals surface area (Å²) in [7, 11) is 0. The maximum Gasteiger partial charge on any atom is 0.349 e. The average Bonchev–Trinajstić information content (AvgIpc) is 3.11. The lowest BCUT2D eigenvalue weighted by Gasteiger charge is -2.05. The van der Waals surface area contributed by atoms with Gasteiger partial charge in [0.1, 0.15) is 22.5 Å². The van der Waals surface area contributed by atoms with Gasteiger partial charge in [-0.1, -0.05) is 41.6 Å². The van der Waals surface area contributed by atoms with E-state index in [1.54, 1.807) is 19.1 Å². The van der Waals surface area contributed by atoms with Crippen molar-refractivity contribution in [2.24, 2.45) is 0 Å². The number of nitro groups is 1. The number of aromatic nitrogens is 1. The number of nitrogens with one attached hydrogen (secondary N) is 1. The quantitative estimate of drug-likeness (QED) is 0.289. The fraction of sp³-hybridized carbons (Fsp3) is 0.0455. The summed E-state index contributed by atoms with van der Waals surface area (Å²) in [4.78, 5) is 35.5. The minimum absolute atomic E-state index is 0.139. The molecule has 0 radical (unpaired) electrons. The highest BCUT2D eigenvalue weighted by Gasteiger charge is 2.19. The highest BCUT2D eigenvalue weighted by molar-refractivity contribution is 6.06. The Morgan fingerprint density at radius 1 is 1.13 bits per heavy atom. The van der Waals surface area contributed by atoms with Gasteiger partial charge in [-0.25, -0.2) is 4.79 Å². The van der Waals surface area contributed by atoms with Gasteiger partial charge in [-0.3, -0.25) is 14.9 Å². The molecule has 0 spiro atoms. The lowest BCUT2D eigenvalue weighted by molar-refractivity contribution is -0.384. The van der Waals surface area contributed by atoms with Gasteiger partial charge < -0.3 is 14.3 Å². The van der Waals surface area contributed by atoms with E-state index in [9.17, 15) is 19.7 Å². The number of anilines is 1. The minimum Gasteiger partial charge on any atom is -0.422 e. The normalized spacial score (nSPS) is 11.1. The van der Waals surface area contributed by atoms with Crippen LogP contribution >= 0.6 is 0 Å². The van der Waals surface area contributed by atoms with Crippen LogP contribution in [-0.2, 0) is 0 Å². The van der Waals surface area contributed by atoms with Crippen molar-refractivity contribution in [1.82, 2.24) is 5.16 Å². The molecule has 154 valence electrons. The van der Waals surface area contributed by atoms with Gasteiger partial charge in [0.05, 0.1) is 4.92 Å². The summed E-state index contributed by atoms with van der Waals surface area (Å²) >= 11 is 0. The number of rotatable bonds is 5. The second kappa shape index (κ2) is 8.07. The molecule has 9 nitrogen and oxygen atoms in total. The molecule has 0 fully saturated rings. The van der Waals surface area contributed by atoms with E-state index >= 15 is 0 Å². The van der Waals surface area contributed by atoms with E-state index in [1.165, 1.54) is 24.3 Å². The zero-order chi connectivity index (χ0) is 22.0. The molecule has 0 bridgehead atoms. The monoisotopic (exact) mass is 417 g/mol. The van der Waals surface area contributed by atoms with Gasteiger partial charge in [0.25, 0.3) is 11.6 Å². The molecule has 0 saturated carbocycles. The molecular weight excluding hydrogens is 402 g/mol. The number of hydrogen-bond donors (Lipinski definition) is 1. The summed E-state index contributed by atoms with van der Waals surface area (Å²) in [5.41, 5.74) is 0.430. The Kier molecular flexibility index (Phi) is 5.15. The highest BCUT2D eigenvalue weighted by Crippen LogP contribution is 2.24. The first-order chi connectivity index (χ1) is 14.9. The molecule has 31 heavy (non-hydrogen) atoms. The van der Waals surface area contributed by atoms with Gasteiger partial charge in [0.2, 0.25) is 0 Å². The van der Waals surface area contributed by atoms with Crippen molar-refractivity contribution in [3.05, 3.63) is 97.7 Å². The lowest BCUT2D eigenvalue weighted by Crippen LogP contribution is -2.21. The highest BCUT2D eigenvalue weighted by atomic mass is 16.6. The standard InChI is InChI=1S/C22H15N3O6/c1-13-20(19(31-24-13)9-7-14-5-3-2-4-6-14)23-21(26)17-12-15-11-16(25(28)29)8-10-18(15)30-22(17)27/h2-12H,1H3,(H,23,26)/b9-7+. The van der Waals surface area contributed by atoms with Crippen LogP contribution in [-0.4, -0.2) is 16.0 Å². The van der Waals surface area contributed by atoms with Crippen molar-refractivity contribution in [1.29, 1.82) is 0 Å². The van der Waals surface area contributed by atoms with Crippen molar-refractivity contribution in [3.63, 3.8) is 0 Å². The number of aryl methyl sites for hydroxylation is 1. The zero-order valence-electron chi connectivity index (χ0n) is 16.2. The summed E-state index contributed by atoms with van der Waals surface area (Å²) in [6.07, 6.45) is 3.44. The predicted molar refractivity (Wildman–Crippen MR) is 114 cm³/mol. The lowest BCUT2D eigenvalue weighted by atomic mass is 10.1. The zero-order valence-corrected chi connectivity index (χ0v) is 16.2. The first-order valence-electron chi connectivity index (χ1n) is 9.15. The topological polar surface area (TPSA) is 128 Å². The molecule has 2 aromatic carbocycles. The van der Waals surface area contributed by atoms with Gasteiger partial charge in [-0.2, -0.15) is 0 Å². The van der Waals surface area contributed by atoms with Crippen LogP contribution in [0.1, 0.15) is 27.4 Å². The van der Waals surface area contributed by atoms with Gasteiger partial charge in [0, 0.05) is 17.5 Å². The van der Waals surface area contributed by atoms with Crippen molar-refractivity contribution in [2.75, 3.05) is 5.32 Å². The minimum atomic E-state index is -0.866. The Morgan fingerprint density at radius 2 is 1.90 bits per heavy atom. The van der Waals surface area contributed by atoms with E-state index in [4.69, 9.17) is 8.94 Å². The molecule has 9 heteroatoms. The van der Waals surface area contributed by atoms with E-state index in [-0.39, 0.29) is 22.2 Å². The van der Waals surface area contributed by atoms with E-state index in [0.717, 1.165) is 5.56 Å². The summed E-state index contributed by atoms with van der Waals surface area (Å²) < 4.78 is 10.4. The summed E-state index contributed by atoms with van der Waals surface area (Å²) in [5.74, 6) is -0.446. The molecule has 0 atom stereocenters. The number of non-ortho nitro benzene ring substituents is 1. The largest absolute Gasteiger partial charge is 0.422 e. The van der Waals surface area contributed by atoms with Crippen molar-refractivity contribution < 1.29 is 18.7 Å². The molecule has 2 aromatic heterocycles. The number of fused-ring (bicyclic) bond motifs is 1. The Bertz CT molecular complexity index is 1390. The van der Waals surface area contributed by atoms with E-state index in [2.05, 4.69) is 10.5 Å². The number of nitrogens with zero attached hydrogens (tertiary/aromatic N) is 2. The molecule has 0 unspecified atom stereocenters. The van der Waals surface area contributed by atoms with Crippen LogP contribution in [0.5, 0.6) is 0 Å².